The summed E-state index contributed by atoms with van der Waals surface area (Å²) in [6, 6.07) is 16.3. The monoisotopic (exact) mass is 577 g/mol. The molecule has 1 saturated heterocycles. The minimum atomic E-state index is -0.894. The van der Waals surface area contributed by atoms with Crippen molar-refractivity contribution in [1.82, 2.24) is 5.01 Å². The van der Waals surface area contributed by atoms with Crippen LogP contribution < -0.4 is 24.3 Å². The molecule has 1 fully saturated rings. The number of carbonyl (C=O) groups excluding carboxylic acids is 2. The number of carbonyl (C=O) groups is 2. The number of fused-ring (bicyclic) bond motifs is 1. The van der Waals surface area contributed by atoms with Crippen molar-refractivity contribution in [2.24, 2.45) is 10.1 Å². The minimum absolute atomic E-state index is 0.0168. The van der Waals surface area contributed by atoms with Crippen LogP contribution >= 0.6 is 11.8 Å². The normalized spacial score (nSPS) is 16.8. The van der Waals surface area contributed by atoms with Gasteiger partial charge in [-0.05, 0) is 48.0 Å². The van der Waals surface area contributed by atoms with E-state index in [1.165, 1.54) is 38.6 Å². The number of benzene rings is 3. The van der Waals surface area contributed by atoms with E-state index >= 15 is 0 Å². The summed E-state index contributed by atoms with van der Waals surface area (Å²) in [4.78, 5) is 41.9. The van der Waals surface area contributed by atoms with Crippen LogP contribution in [0.1, 0.15) is 12.0 Å². The number of amidine groups is 1. The highest BCUT2D eigenvalue weighted by molar-refractivity contribution is 8.15. The molecule has 210 valence electrons. The van der Waals surface area contributed by atoms with Gasteiger partial charge in [0, 0.05) is 6.42 Å². The summed E-state index contributed by atoms with van der Waals surface area (Å²) in [5, 5.41) is 18.9. The van der Waals surface area contributed by atoms with E-state index in [0.717, 1.165) is 16.8 Å². The first-order valence-corrected chi connectivity index (χ1v) is 13.0. The van der Waals surface area contributed by atoms with Gasteiger partial charge in [-0.1, -0.05) is 23.9 Å². The lowest BCUT2D eigenvalue weighted by molar-refractivity contribution is -0.384. The Bertz CT molecular complexity index is 1580. The van der Waals surface area contributed by atoms with Crippen molar-refractivity contribution in [3.8, 4) is 23.0 Å². The molecule has 0 bridgehead atoms. The maximum absolute atomic E-state index is 13.4. The van der Waals surface area contributed by atoms with E-state index in [1.807, 2.05) is 0 Å². The molecule has 0 saturated carbocycles. The number of nitrogens with zero attached hydrogens (tertiary/aromatic N) is 4. The number of nitro groups is 1. The van der Waals surface area contributed by atoms with E-state index in [-0.39, 0.29) is 35.5 Å². The van der Waals surface area contributed by atoms with Crippen LogP contribution in [0.15, 0.2) is 70.8 Å². The molecule has 1 atom stereocenters. The summed E-state index contributed by atoms with van der Waals surface area (Å²) in [7, 11) is 2.89. The third kappa shape index (κ3) is 6.06. The van der Waals surface area contributed by atoms with E-state index in [9.17, 15) is 19.7 Å². The highest BCUT2D eigenvalue weighted by Crippen LogP contribution is 2.36. The lowest BCUT2D eigenvalue weighted by Gasteiger charge is -2.11. The first-order chi connectivity index (χ1) is 19.9. The molecule has 5 rings (SSSR count). The van der Waals surface area contributed by atoms with E-state index < -0.39 is 22.0 Å². The van der Waals surface area contributed by atoms with E-state index in [2.05, 4.69) is 15.4 Å². The van der Waals surface area contributed by atoms with Gasteiger partial charge < -0.3 is 24.3 Å². The second-order valence-corrected chi connectivity index (χ2v) is 9.74. The van der Waals surface area contributed by atoms with Gasteiger partial charge in [0.1, 0.15) is 28.1 Å². The number of ether oxygens (including phenoxy) is 4. The molecule has 3 aromatic carbocycles. The standard InChI is InChI=1S/C27H23N5O8S/c1-37-17-8-9-18(20(12-17)32(35)36)29-25(33)13-24-26(34)31(27(41-24)30-19-5-3-4-6-21(19)38-2)28-14-16-7-10-22-23(11-16)40-15-39-22/h3-12,14,24H,13,15H2,1-2H3,(H,29,33)/b28-14-,30-27?/t24-/m1/s1. The largest absolute Gasteiger partial charge is 0.496 e. The molecule has 2 aliphatic rings. The van der Waals surface area contributed by atoms with Gasteiger partial charge in [-0.2, -0.15) is 10.1 Å². The average Bonchev–Trinajstić information content (AvgIpc) is 3.55. The fourth-order valence-electron chi connectivity index (χ4n) is 3.98. The zero-order chi connectivity index (χ0) is 28.9. The van der Waals surface area contributed by atoms with E-state index in [1.54, 1.807) is 42.5 Å². The van der Waals surface area contributed by atoms with Crippen LogP contribution in [0.4, 0.5) is 17.1 Å². The fraction of sp³-hybridized carbons (Fsp3) is 0.185. The van der Waals surface area contributed by atoms with Gasteiger partial charge >= 0.3 is 0 Å². The number of nitrogens with one attached hydrogen (secondary N) is 1. The topological polar surface area (TPSA) is 154 Å². The number of hydrogen-bond acceptors (Lipinski definition) is 11. The molecule has 1 N–H and O–H groups in total. The lowest BCUT2D eigenvalue weighted by atomic mass is 10.2. The maximum atomic E-state index is 13.4. The van der Waals surface area contributed by atoms with Crippen molar-refractivity contribution in [1.29, 1.82) is 0 Å². The molecule has 41 heavy (non-hydrogen) atoms. The SMILES string of the molecule is COc1ccc(NC(=O)C[C@H]2SC(=Nc3ccccc3OC)N(/N=C\c3ccc4c(c3)OCO4)C2=O)c([N+](=O)[O-])c1. The van der Waals surface area contributed by atoms with Gasteiger partial charge in [-0.25, -0.2) is 4.99 Å². The van der Waals surface area contributed by atoms with Crippen LogP contribution in [-0.2, 0) is 9.59 Å². The van der Waals surface area contributed by atoms with Gasteiger partial charge in [0.2, 0.25) is 12.7 Å². The molecular weight excluding hydrogens is 554 g/mol. The molecule has 14 heteroatoms. The van der Waals surface area contributed by atoms with Gasteiger partial charge in [0.15, 0.2) is 16.7 Å². The molecule has 0 spiro atoms. The average molecular weight is 578 g/mol. The summed E-state index contributed by atoms with van der Waals surface area (Å²) >= 11 is 1.05. The molecule has 2 heterocycles. The van der Waals surface area contributed by atoms with Crippen LogP contribution in [0.5, 0.6) is 23.0 Å². The highest BCUT2D eigenvalue weighted by Gasteiger charge is 2.40. The summed E-state index contributed by atoms with van der Waals surface area (Å²) in [6.45, 7) is 0.121. The molecular formula is C27H23N5O8S. The summed E-state index contributed by atoms with van der Waals surface area (Å²) in [5.41, 5.74) is 0.762. The number of methoxy groups -OCH3 is 2. The second-order valence-electron chi connectivity index (χ2n) is 8.57. The summed E-state index contributed by atoms with van der Waals surface area (Å²) < 4.78 is 21.2. The molecule has 0 aliphatic carbocycles. The minimum Gasteiger partial charge on any atom is -0.496 e. The zero-order valence-electron chi connectivity index (χ0n) is 21.8. The second kappa shape index (κ2) is 12.0. The van der Waals surface area contributed by atoms with Crippen molar-refractivity contribution >= 4 is 52.0 Å². The molecule has 0 radical (unpaired) electrons. The van der Waals surface area contributed by atoms with Gasteiger partial charge in [-0.15, -0.1) is 0 Å². The van der Waals surface area contributed by atoms with E-state index in [0.29, 0.717) is 28.5 Å². The first kappa shape index (κ1) is 27.5. The van der Waals surface area contributed by atoms with Gasteiger partial charge in [-0.3, -0.25) is 19.7 Å². The smallest absolute Gasteiger partial charge is 0.296 e. The Morgan fingerprint density at radius 3 is 2.73 bits per heavy atom. The molecule has 2 aliphatic heterocycles. The highest BCUT2D eigenvalue weighted by atomic mass is 32.2. The Hall–Kier alpha value is -5.11. The van der Waals surface area contributed by atoms with Crippen molar-refractivity contribution in [3.63, 3.8) is 0 Å². The lowest BCUT2D eigenvalue weighted by Crippen LogP contribution is -2.29. The van der Waals surface area contributed by atoms with Crippen LogP contribution in [0.2, 0.25) is 0 Å². The Morgan fingerprint density at radius 1 is 1.15 bits per heavy atom. The van der Waals surface area contributed by atoms with Gasteiger partial charge in [0.05, 0.1) is 31.4 Å². The number of amides is 2. The molecule has 2 amide bonds. The van der Waals surface area contributed by atoms with Crippen LogP contribution in [0.25, 0.3) is 0 Å². The third-order valence-electron chi connectivity index (χ3n) is 5.98. The number of para-hydroxylation sites is 2. The quantitative estimate of drug-likeness (QED) is 0.222. The fourth-order valence-corrected chi connectivity index (χ4v) is 5.05. The van der Waals surface area contributed by atoms with Crippen molar-refractivity contribution < 1.29 is 33.5 Å². The number of hydrazone groups is 1. The summed E-state index contributed by atoms with van der Waals surface area (Å²) in [5.74, 6) is 0.838. The third-order valence-corrected chi connectivity index (χ3v) is 7.11. The summed E-state index contributed by atoms with van der Waals surface area (Å²) in [6.07, 6.45) is 1.19. The van der Waals surface area contributed by atoms with Crippen molar-refractivity contribution in [2.45, 2.75) is 11.7 Å². The van der Waals surface area contributed by atoms with Crippen molar-refractivity contribution in [3.05, 3.63) is 76.3 Å². The van der Waals surface area contributed by atoms with Crippen LogP contribution in [0, 0.1) is 10.1 Å². The number of rotatable bonds is 9. The van der Waals surface area contributed by atoms with Gasteiger partial charge in [0.25, 0.3) is 11.6 Å². The maximum Gasteiger partial charge on any atom is 0.296 e. The predicted octanol–water partition coefficient (Wildman–Crippen LogP) is 4.34. The number of thioether (sulfide) groups is 1. The number of aliphatic imine (C=N–C) groups is 1. The van der Waals surface area contributed by atoms with Crippen LogP contribution in [0.3, 0.4) is 0 Å². The Balaban J connectivity index is 1.39. The van der Waals surface area contributed by atoms with Crippen LogP contribution in [-0.4, -0.2) is 59.4 Å². The molecule has 13 nitrogen and oxygen atoms in total. The number of nitro benzene ring substituents is 1. The van der Waals surface area contributed by atoms with E-state index in [4.69, 9.17) is 18.9 Å². The molecule has 0 unspecified atom stereocenters. The van der Waals surface area contributed by atoms with Crippen molar-refractivity contribution in [2.75, 3.05) is 26.3 Å². The Kier molecular flexibility index (Phi) is 8.01. The molecule has 0 aromatic heterocycles. The number of anilines is 1. The zero-order valence-corrected chi connectivity index (χ0v) is 22.6. The predicted molar refractivity (Wildman–Crippen MR) is 151 cm³/mol. The molecule has 3 aromatic rings. The first-order valence-electron chi connectivity index (χ1n) is 12.1. The Morgan fingerprint density at radius 2 is 1.95 bits per heavy atom. The Labute approximate surface area is 237 Å². The number of hydrogen-bond donors (Lipinski definition) is 1.